The van der Waals surface area contributed by atoms with Gasteiger partial charge in [0.1, 0.15) is 5.54 Å². The molecule has 4 rings (SSSR count). The highest BCUT2D eigenvalue weighted by molar-refractivity contribution is 6.01. The minimum atomic E-state index is -0.795. The largest absolute Gasteiger partial charge is 0.328 e. The van der Waals surface area contributed by atoms with Gasteiger partial charge in [0, 0.05) is 24.5 Å². The van der Waals surface area contributed by atoms with Crippen molar-refractivity contribution in [2.24, 2.45) is 0 Å². The number of para-hydroxylation sites is 1. The molecule has 0 spiro atoms. The van der Waals surface area contributed by atoms with Crippen molar-refractivity contribution in [3.63, 3.8) is 0 Å². The number of allylic oxidation sites excluding steroid dienone is 1. The second kappa shape index (κ2) is 8.70. The molecule has 1 aliphatic heterocycles. The van der Waals surface area contributed by atoms with E-state index in [1.807, 2.05) is 65.7 Å². The van der Waals surface area contributed by atoms with Crippen LogP contribution in [0.5, 0.6) is 0 Å². The first-order valence-corrected chi connectivity index (χ1v) is 10.7. The van der Waals surface area contributed by atoms with Crippen molar-refractivity contribution < 1.29 is 9.59 Å². The van der Waals surface area contributed by atoms with Gasteiger partial charge in [0.15, 0.2) is 0 Å². The van der Waals surface area contributed by atoms with Crippen molar-refractivity contribution in [3.05, 3.63) is 85.1 Å². The van der Waals surface area contributed by atoms with E-state index in [4.69, 9.17) is 0 Å². The van der Waals surface area contributed by atoms with Crippen molar-refractivity contribution in [2.75, 3.05) is 6.54 Å². The Labute approximate surface area is 177 Å². The molecule has 0 radical (unpaired) electrons. The highest BCUT2D eigenvalue weighted by Gasteiger charge is 2.50. The van der Waals surface area contributed by atoms with E-state index in [-0.39, 0.29) is 11.8 Å². The normalized spacial score (nSPS) is 18.8. The number of amides is 1. The van der Waals surface area contributed by atoms with Crippen LogP contribution < -0.4 is 0 Å². The van der Waals surface area contributed by atoms with Crippen LogP contribution >= 0.6 is 0 Å². The molecule has 4 heteroatoms. The zero-order chi connectivity index (χ0) is 21.0. The molecule has 1 atom stereocenters. The molecule has 0 N–H and O–H groups in total. The SMILES string of the molecule is C=CCCCC1(C(=O)n2ccc3ccccc32)CCC(=O)N1CCc1ccccc1. The monoisotopic (exact) mass is 400 g/mol. The maximum absolute atomic E-state index is 13.9. The van der Waals surface area contributed by atoms with Crippen molar-refractivity contribution in [1.29, 1.82) is 0 Å². The second-order valence-electron chi connectivity index (χ2n) is 8.04. The van der Waals surface area contributed by atoms with Gasteiger partial charge in [0.25, 0.3) is 5.91 Å². The molecule has 0 aliphatic carbocycles. The van der Waals surface area contributed by atoms with Gasteiger partial charge in [0.2, 0.25) is 5.91 Å². The third-order valence-electron chi connectivity index (χ3n) is 6.25. The molecule has 1 amide bonds. The fourth-order valence-electron chi connectivity index (χ4n) is 4.66. The topological polar surface area (TPSA) is 42.3 Å². The van der Waals surface area contributed by atoms with E-state index in [2.05, 4.69) is 18.7 Å². The molecule has 2 aromatic carbocycles. The lowest BCUT2D eigenvalue weighted by molar-refractivity contribution is -0.130. The predicted molar refractivity (Wildman–Crippen MR) is 120 cm³/mol. The third kappa shape index (κ3) is 3.70. The van der Waals surface area contributed by atoms with Gasteiger partial charge in [-0.25, -0.2) is 0 Å². The lowest BCUT2D eigenvalue weighted by atomic mass is 9.88. The summed E-state index contributed by atoms with van der Waals surface area (Å²) in [5, 5.41) is 1.03. The molecular formula is C26H28N2O2. The van der Waals surface area contributed by atoms with Crippen LogP contribution in [-0.2, 0) is 11.2 Å². The molecule has 3 aromatic rings. The fraction of sp³-hybridized carbons (Fsp3) is 0.308. The number of carbonyl (C=O) groups excluding carboxylic acids is 2. The van der Waals surface area contributed by atoms with E-state index in [1.54, 1.807) is 4.57 Å². The maximum atomic E-state index is 13.9. The Bertz CT molecular complexity index is 1050. The number of nitrogens with zero attached hydrogens (tertiary/aromatic N) is 2. The van der Waals surface area contributed by atoms with Crippen LogP contribution in [0.2, 0.25) is 0 Å². The van der Waals surface area contributed by atoms with E-state index in [0.29, 0.717) is 25.8 Å². The summed E-state index contributed by atoms with van der Waals surface area (Å²) in [7, 11) is 0. The number of fused-ring (bicyclic) bond motifs is 1. The van der Waals surface area contributed by atoms with Gasteiger partial charge < -0.3 is 4.90 Å². The van der Waals surface area contributed by atoms with E-state index in [9.17, 15) is 9.59 Å². The van der Waals surface area contributed by atoms with Crippen LogP contribution in [0, 0.1) is 0 Å². The van der Waals surface area contributed by atoms with E-state index < -0.39 is 5.54 Å². The Morgan fingerprint density at radius 2 is 1.83 bits per heavy atom. The molecule has 0 saturated carbocycles. The molecule has 4 nitrogen and oxygen atoms in total. The van der Waals surface area contributed by atoms with Gasteiger partial charge in [-0.15, -0.1) is 6.58 Å². The van der Waals surface area contributed by atoms with Crippen LogP contribution in [0.1, 0.15) is 42.5 Å². The van der Waals surface area contributed by atoms with Crippen LogP contribution in [0.3, 0.4) is 0 Å². The van der Waals surface area contributed by atoms with Gasteiger partial charge in [-0.1, -0.05) is 54.6 Å². The quantitative estimate of drug-likeness (QED) is 0.383. The number of aromatic nitrogens is 1. The van der Waals surface area contributed by atoms with Gasteiger partial charge in [-0.05, 0) is 49.8 Å². The lowest BCUT2D eigenvalue weighted by Gasteiger charge is -2.37. The van der Waals surface area contributed by atoms with Crippen LogP contribution in [0.4, 0.5) is 0 Å². The summed E-state index contributed by atoms with van der Waals surface area (Å²) in [5.74, 6) is 0.0843. The summed E-state index contributed by atoms with van der Waals surface area (Å²) < 4.78 is 1.75. The van der Waals surface area contributed by atoms with Crippen molar-refractivity contribution >= 4 is 22.7 Å². The van der Waals surface area contributed by atoms with Gasteiger partial charge >= 0.3 is 0 Å². The van der Waals surface area contributed by atoms with Crippen molar-refractivity contribution in [1.82, 2.24) is 9.47 Å². The second-order valence-corrected chi connectivity index (χ2v) is 8.04. The smallest absolute Gasteiger partial charge is 0.257 e. The molecular weight excluding hydrogens is 372 g/mol. The predicted octanol–water partition coefficient (Wildman–Crippen LogP) is 5.24. The molecule has 1 fully saturated rings. The highest BCUT2D eigenvalue weighted by atomic mass is 16.2. The summed E-state index contributed by atoms with van der Waals surface area (Å²) in [6.45, 7) is 4.38. The average Bonchev–Trinajstić information content (AvgIpc) is 3.35. The number of unbranched alkanes of at least 4 members (excludes halogenated alkanes) is 1. The van der Waals surface area contributed by atoms with Gasteiger partial charge in [0.05, 0.1) is 5.52 Å². The maximum Gasteiger partial charge on any atom is 0.257 e. The third-order valence-corrected chi connectivity index (χ3v) is 6.25. The Balaban J connectivity index is 1.68. The Kier molecular flexibility index (Phi) is 5.84. The van der Waals surface area contributed by atoms with Crippen LogP contribution in [0.15, 0.2) is 79.5 Å². The van der Waals surface area contributed by atoms with E-state index >= 15 is 0 Å². The van der Waals surface area contributed by atoms with E-state index in [1.165, 1.54) is 5.56 Å². The first kappa shape index (κ1) is 20.1. The Morgan fingerprint density at radius 3 is 2.63 bits per heavy atom. The van der Waals surface area contributed by atoms with Crippen LogP contribution in [0.25, 0.3) is 10.9 Å². The minimum Gasteiger partial charge on any atom is -0.328 e. The van der Waals surface area contributed by atoms with Gasteiger partial charge in [-0.2, -0.15) is 0 Å². The number of rotatable bonds is 8. The molecule has 1 aromatic heterocycles. The zero-order valence-corrected chi connectivity index (χ0v) is 17.3. The number of carbonyl (C=O) groups is 2. The van der Waals surface area contributed by atoms with E-state index in [0.717, 1.165) is 30.2 Å². The summed E-state index contributed by atoms with van der Waals surface area (Å²) >= 11 is 0. The lowest BCUT2D eigenvalue weighted by Crippen LogP contribution is -2.54. The van der Waals surface area contributed by atoms with Crippen molar-refractivity contribution in [3.8, 4) is 0 Å². The summed E-state index contributed by atoms with van der Waals surface area (Å²) in [6.07, 6.45) is 7.80. The molecule has 30 heavy (non-hydrogen) atoms. The van der Waals surface area contributed by atoms with Gasteiger partial charge in [-0.3, -0.25) is 14.2 Å². The number of hydrogen-bond donors (Lipinski definition) is 0. The first-order chi connectivity index (χ1) is 14.7. The summed E-state index contributed by atoms with van der Waals surface area (Å²) in [4.78, 5) is 28.7. The Morgan fingerprint density at radius 1 is 1.07 bits per heavy atom. The fourth-order valence-corrected chi connectivity index (χ4v) is 4.66. The molecule has 1 unspecified atom stereocenters. The molecule has 1 saturated heterocycles. The number of likely N-dealkylation sites (tertiary alicyclic amines) is 1. The molecule has 1 aliphatic rings. The highest BCUT2D eigenvalue weighted by Crippen LogP contribution is 2.37. The summed E-state index contributed by atoms with van der Waals surface area (Å²) in [6, 6.07) is 20.0. The molecule has 154 valence electrons. The summed E-state index contributed by atoms with van der Waals surface area (Å²) in [5.41, 5.74) is 1.28. The Hall–Kier alpha value is -3.14. The van der Waals surface area contributed by atoms with Crippen LogP contribution in [-0.4, -0.2) is 33.4 Å². The number of hydrogen-bond acceptors (Lipinski definition) is 2. The van der Waals surface area contributed by atoms with Crippen molar-refractivity contribution in [2.45, 2.75) is 44.1 Å². The molecule has 0 bridgehead atoms. The standard InChI is InChI=1S/C26H28N2O2/c1-2-3-9-17-26(25(30)27-19-16-22-12-7-8-13-23(22)27)18-14-24(29)28(26)20-15-21-10-5-4-6-11-21/h2,4-8,10-13,16,19H,1,3,9,14-15,17-18,20H2. The zero-order valence-electron chi connectivity index (χ0n) is 17.3. The average molecular weight is 401 g/mol. The number of benzene rings is 2. The first-order valence-electron chi connectivity index (χ1n) is 10.7. The molecule has 2 heterocycles. The minimum absolute atomic E-state index is 0.00618.